The van der Waals surface area contributed by atoms with E-state index in [0.29, 0.717) is 11.1 Å². The Balaban J connectivity index is 1.62. The highest BCUT2D eigenvalue weighted by Crippen LogP contribution is 2.40. The molecule has 0 bridgehead atoms. The van der Waals surface area contributed by atoms with Crippen LogP contribution in [0.25, 0.3) is 11.1 Å². The van der Waals surface area contributed by atoms with Gasteiger partial charge < -0.3 is 20.3 Å². The highest BCUT2D eigenvalue weighted by Gasteiger charge is 2.53. The summed E-state index contributed by atoms with van der Waals surface area (Å²) in [5, 5.41) is 13.8. The fourth-order valence-corrected chi connectivity index (χ4v) is 4.12. The molecule has 3 atom stereocenters. The summed E-state index contributed by atoms with van der Waals surface area (Å²) in [7, 11) is 0. The summed E-state index contributed by atoms with van der Waals surface area (Å²) < 4.78 is 52.8. The highest BCUT2D eigenvalue weighted by atomic mass is 35.5. The first-order chi connectivity index (χ1) is 15.1. The van der Waals surface area contributed by atoms with Crippen molar-refractivity contribution in [2.24, 2.45) is 0 Å². The van der Waals surface area contributed by atoms with Crippen molar-refractivity contribution < 1.29 is 27.8 Å². The number of aromatic nitrogens is 3. The minimum absolute atomic E-state index is 0.0442. The van der Waals surface area contributed by atoms with Crippen LogP contribution in [0.5, 0.6) is 5.75 Å². The van der Waals surface area contributed by atoms with Gasteiger partial charge in [0.2, 0.25) is 0 Å². The molecule has 32 heavy (non-hydrogen) atoms. The molecular weight excluding hydrogens is 472 g/mol. The van der Waals surface area contributed by atoms with Crippen molar-refractivity contribution in [1.82, 2.24) is 14.8 Å². The molecule has 0 amide bonds. The number of hydrogen-bond donors (Lipinski definition) is 2. The van der Waals surface area contributed by atoms with Gasteiger partial charge in [0.05, 0.1) is 17.8 Å². The maximum atomic E-state index is 13.9. The molecule has 3 heterocycles. The second-order valence-electron chi connectivity index (χ2n) is 7.22. The Morgan fingerprint density at radius 3 is 2.75 bits per heavy atom. The molecule has 7 nitrogen and oxygen atoms in total. The second kappa shape index (κ2) is 8.43. The fraction of sp³-hybridized carbons (Fsp3) is 0.300. The number of benzene rings is 1. The van der Waals surface area contributed by atoms with E-state index in [9.17, 15) is 18.3 Å². The van der Waals surface area contributed by atoms with Gasteiger partial charge in [-0.2, -0.15) is 13.9 Å². The lowest BCUT2D eigenvalue weighted by molar-refractivity contribution is -0.228. The van der Waals surface area contributed by atoms with Crippen molar-refractivity contribution in [3.8, 4) is 16.9 Å². The van der Waals surface area contributed by atoms with Gasteiger partial charge in [0.25, 0.3) is 0 Å². The van der Waals surface area contributed by atoms with Gasteiger partial charge in [-0.15, -0.1) is 0 Å². The third kappa shape index (κ3) is 4.11. The Hall–Kier alpha value is -2.53. The normalized spacial score (nSPS) is 21.0. The van der Waals surface area contributed by atoms with Crippen molar-refractivity contribution in [3.05, 3.63) is 58.2 Å². The molecule has 4 rings (SSSR count). The molecule has 0 saturated carbocycles. The number of rotatable bonds is 5. The first-order valence-electron chi connectivity index (χ1n) is 9.38. The van der Waals surface area contributed by atoms with Crippen molar-refractivity contribution in [1.29, 1.82) is 0 Å². The zero-order valence-corrected chi connectivity index (χ0v) is 18.0. The lowest BCUT2D eigenvalue weighted by Crippen LogP contribution is -2.32. The van der Waals surface area contributed by atoms with E-state index in [0.717, 1.165) is 10.7 Å². The standard InChI is InChI=1S/C20H17Cl2F3N4O3/c1-9(16-12(21)2-3-13(23)17(16)22)32-15-4-10(5-27-19(15)26)11-6-28-29(7-11)18-14(30)8-31-20(18,24)25/h2-7,9,14,18,30H,8H2,1H3,(H2,26,27). The molecular formula is C20H17Cl2F3N4O3. The molecule has 12 heteroatoms. The molecule has 1 aliphatic heterocycles. The van der Waals surface area contributed by atoms with E-state index in [-0.39, 0.29) is 27.2 Å². The number of aliphatic hydroxyl groups excluding tert-OH is 1. The van der Waals surface area contributed by atoms with Crippen molar-refractivity contribution in [2.75, 3.05) is 12.3 Å². The van der Waals surface area contributed by atoms with E-state index in [1.165, 1.54) is 30.7 Å². The molecule has 3 N–H and O–H groups in total. The molecule has 3 aromatic rings. The van der Waals surface area contributed by atoms with Crippen LogP contribution < -0.4 is 10.5 Å². The first-order valence-corrected chi connectivity index (χ1v) is 10.1. The zero-order chi connectivity index (χ0) is 23.2. The summed E-state index contributed by atoms with van der Waals surface area (Å²) in [6, 6.07) is 2.37. The van der Waals surface area contributed by atoms with Crippen LogP contribution >= 0.6 is 23.2 Å². The van der Waals surface area contributed by atoms with Gasteiger partial charge in [0.15, 0.2) is 17.6 Å². The summed E-state index contributed by atoms with van der Waals surface area (Å²) in [6.07, 6.45) is -1.68. The van der Waals surface area contributed by atoms with Crippen LogP contribution in [-0.4, -0.2) is 38.7 Å². The number of anilines is 1. The highest BCUT2D eigenvalue weighted by molar-refractivity contribution is 6.36. The van der Waals surface area contributed by atoms with Crippen molar-refractivity contribution >= 4 is 29.0 Å². The van der Waals surface area contributed by atoms with Crippen LogP contribution in [0.4, 0.5) is 19.0 Å². The molecule has 170 valence electrons. The minimum atomic E-state index is -3.56. The topological polar surface area (TPSA) is 95.4 Å². The van der Waals surface area contributed by atoms with Gasteiger partial charge >= 0.3 is 6.11 Å². The maximum Gasteiger partial charge on any atom is 0.380 e. The molecule has 0 spiro atoms. The second-order valence-corrected chi connectivity index (χ2v) is 8.00. The third-order valence-corrected chi connectivity index (χ3v) is 5.76. The third-order valence-electron chi connectivity index (χ3n) is 5.05. The van der Waals surface area contributed by atoms with E-state index in [4.69, 9.17) is 33.7 Å². The molecule has 0 aliphatic carbocycles. The summed E-state index contributed by atoms with van der Waals surface area (Å²) in [6.45, 7) is 1.11. The van der Waals surface area contributed by atoms with Crippen LogP contribution in [0.15, 0.2) is 36.8 Å². The summed E-state index contributed by atoms with van der Waals surface area (Å²) >= 11 is 12.2. The molecule has 1 aromatic carbocycles. The maximum absolute atomic E-state index is 13.9. The molecule has 2 aromatic heterocycles. The van der Waals surface area contributed by atoms with Gasteiger partial charge in [0, 0.05) is 34.1 Å². The van der Waals surface area contributed by atoms with Crippen molar-refractivity contribution in [2.45, 2.75) is 31.3 Å². The Bertz CT molecular complexity index is 1160. The average Bonchev–Trinajstić information content (AvgIpc) is 3.30. The number of hydrogen-bond acceptors (Lipinski definition) is 6. The summed E-state index contributed by atoms with van der Waals surface area (Å²) in [5.41, 5.74) is 7.03. The van der Waals surface area contributed by atoms with Crippen LogP contribution in [0.3, 0.4) is 0 Å². The largest absolute Gasteiger partial charge is 0.482 e. The molecule has 1 saturated heterocycles. The molecule has 1 aliphatic rings. The van der Waals surface area contributed by atoms with Crippen LogP contribution in [0, 0.1) is 5.82 Å². The van der Waals surface area contributed by atoms with Gasteiger partial charge in [-0.25, -0.2) is 9.37 Å². The fourth-order valence-electron chi connectivity index (χ4n) is 3.44. The number of nitrogen functional groups attached to an aromatic ring is 1. The Morgan fingerprint density at radius 2 is 2.06 bits per heavy atom. The van der Waals surface area contributed by atoms with Crippen molar-refractivity contribution in [3.63, 3.8) is 0 Å². The predicted molar refractivity (Wildman–Crippen MR) is 111 cm³/mol. The van der Waals surface area contributed by atoms with E-state index >= 15 is 0 Å². The van der Waals surface area contributed by atoms with E-state index in [1.807, 2.05) is 0 Å². The number of nitrogens with zero attached hydrogens (tertiary/aromatic N) is 3. The monoisotopic (exact) mass is 488 g/mol. The van der Waals surface area contributed by atoms with Gasteiger partial charge in [-0.1, -0.05) is 23.2 Å². The Labute approximate surface area is 190 Å². The van der Waals surface area contributed by atoms with Gasteiger partial charge in [-0.3, -0.25) is 4.68 Å². The predicted octanol–water partition coefficient (Wildman–Crippen LogP) is 4.64. The van der Waals surface area contributed by atoms with Crippen LogP contribution in [0.2, 0.25) is 10.0 Å². The summed E-state index contributed by atoms with van der Waals surface area (Å²) in [4.78, 5) is 4.07. The van der Waals surface area contributed by atoms with E-state index in [1.54, 1.807) is 6.92 Å². The summed E-state index contributed by atoms with van der Waals surface area (Å²) in [5.74, 6) is -0.458. The molecule has 1 fully saturated rings. The van der Waals surface area contributed by atoms with Gasteiger partial charge in [0.1, 0.15) is 18.0 Å². The Morgan fingerprint density at radius 1 is 1.31 bits per heavy atom. The molecule has 0 radical (unpaired) electrons. The quantitative estimate of drug-likeness (QED) is 0.508. The van der Waals surface area contributed by atoms with E-state index < -0.39 is 36.8 Å². The smallest absolute Gasteiger partial charge is 0.380 e. The number of halogens is 5. The lowest BCUT2D eigenvalue weighted by atomic mass is 10.1. The minimum Gasteiger partial charge on any atom is -0.482 e. The van der Waals surface area contributed by atoms with E-state index in [2.05, 4.69) is 14.8 Å². The SMILES string of the molecule is CC(Oc1cc(-c2cnn(C3C(O)COC3(F)F)c2)cnc1N)c1c(Cl)ccc(F)c1Cl. The Kier molecular flexibility index (Phi) is 5.97. The number of nitrogens with two attached hydrogens (primary N) is 1. The van der Waals surface area contributed by atoms with Gasteiger partial charge in [-0.05, 0) is 25.1 Å². The average molecular weight is 489 g/mol. The number of aliphatic hydroxyl groups is 1. The van der Waals surface area contributed by atoms with Crippen LogP contribution in [0.1, 0.15) is 24.6 Å². The zero-order valence-electron chi connectivity index (χ0n) is 16.5. The first kappa shape index (κ1) is 22.7. The number of pyridine rings is 1. The number of alkyl halides is 2. The number of ether oxygens (including phenoxy) is 2. The molecule has 3 unspecified atom stereocenters. The van der Waals surface area contributed by atoms with Crippen LogP contribution in [-0.2, 0) is 4.74 Å². The lowest BCUT2D eigenvalue weighted by Gasteiger charge is -2.19.